The summed E-state index contributed by atoms with van der Waals surface area (Å²) in [6, 6.07) is 2.71. The van der Waals surface area contributed by atoms with Crippen molar-refractivity contribution in [2.45, 2.75) is 31.8 Å². The number of sulfonamides is 1. The minimum absolute atomic E-state index is 0.0474. The van der Waals surface area contributed by atoms with Crippen LogP contribution in [0, 0.1) is 6.92 Å². The molecule has 21 heavy (non-hydrogen) atoms. The van der Waals surface area contributed by atoms with E-state index in [4.69, 9.17) is 14.6 Å². The molecular formula is C13H18BrNO5S. The van der Waals surface area contributed by atoms with Crippen LogP contribution in [0.1, 0.15) is 29.8 Å². The summed E-state index contributed by atoms with van der Waals surface area (Å²) in [7, 11) is -3.91. The molecular weight excluding hydrogens is 362 g/mol. The van der Waals surface area contributed by atoms with Crippen LogP contribution in [0.25, 0.3) is 0 Å². The summed E-state index contributed by atoms with van der Waals surface area (Å²) < 4.78 is 33.7. The van der Waals surface area contributed by atoms with Crippen LogP contribution in [0.5, 0.6) is 0 Å². The lowest BCUT2D eigenvalue weighted by Gasteiger charge is -2.11. The van der Waals surface area contributed by atoms with E-state index in [1.165, 1.54) is 12.1 Å². The van der Waals surface area contributed by atoms with Crippen LogP contribution in [0.4, 0.5) is 0 Å². The van der Waals surface area contributed by atoms with E-state index in [0.29, 0.717) is 10.0 Å². The van der Waals surface area contributed by atoms with E-state index in [9.17, 15) is 13.2 Å². The normalized spacial score (nSPS) is 11.7. The Morgan fingerprint density at radius 3 is 2.48 bits per heavy atom. The lowest BCUT2D eigenvalue weighted by atomic mass is 10.1. The Balaban J connectivity index is 2.89. The number of hydrogen-bond acceptors (Lipinski definition) is 5. The molecule has 0 fully saturated rings. The first kappa shape index (κ1) is 18.1. The van der Waals surface area contributed by atoms with Crippen molar-refractivity contribution in [2.75, 3.05) is 13.2 Å². The number of carbonyl (C=O) groups excluding carboxylic acids is 1. The van der Waals surface area contributed by atoms with Gasteiger partial charge in [0.1, 0.15) is 6.61 Å². The van der Waals surface area contributed by atoms with E-state index in [1.54, 1.807) is 6.92 Å². The van der Waals surface area contributed by atoms with E-state index in [0.717, 1.165) is 0 Å². The first-order valence-corrected chi connectivity index (χ1v) is 8.58. The molecule has 6 nitrogen and oxygen atoms in total. The maximum absolute atomic E-state index is 11.9. The highest BCUT2D eigenvalue weighted by atomic mass is 79.9. The van der Waals surface area contributed by atoms with E-state index < -0.39 is 16.0 Å². The minimum Gasteiger partial charge on any atom is -0.460 e. The molecule has 0 saturated carbocycles. The monoisotopic (exact) mass is 379 g/mol. The molecule has 118 valence electrons. The van der Waals surface area contributed by atoms with Crippen LogP contribution < -0.4 is 5.14 Å². The molecule has 0 aliphatic rings. The zero-order valence-electron chi connectivity index (χ0n) is 12.1. The number of primary sulfonamides is 1. The van der Waals surface area contributed by atoms with Gasteiger partial charge in [0.25, 0.3) is 0 Å². The number of benzene rings is 1. The van der Waals surface area contributed by atoms with Crippen LogP contribution >= 0.6 is 15.9 Å². The summed E-state index contributed by atoms with van der Waals surface area (Å²) in [5.74, 6) is -0.632. The van der Waals surface area contributed by atoms with Gasteiger partial charge in [-0.1, -0.05) is 15.9 Å². The largest absolute Gasteiger partial charge is 0.460 e. The van der Waals surface area contributed by atoms with Gasteiger partial charge in [-0.25, -0.2) is 18.4 Å². The zero-order valence-corrected chi connectivity index (χ0v) is 14.5. The van der Waals surface area contributed by atoms with E-state index in [2.05, 4.69) is 15.9 Å². The second-order valence-electron chi connectivity index (χ2n) is 4.68. The van der Waals surface area contributed by atoms with Gasteiger partial charge < -0.3 is 9.47 Å². The predicted octanol–water partition coefficient (Wildman–Crippen LogP) is 1.99. The molecule has 1 aromatic carbocycles. The number of esters is 1. The topological polar surface area (TPSA) is 95.7 Å². The van der Waals surface area contributed by atoms with Gasteiger partial charge >= 0.3 is 5.97 Å². The quantitative estimate of drug-likeness (QED) is 0.602. The lowest BCUT2D eigenvalue weighted by molar-refractivity contribution is 0.0176. The van der Waals surface area contributed by atoms with E-state index in [1.807, 2.05) is 13.8 Å². The molecule has 0 unspecified atom stereocenters. The first-order chi connectivity index (χ1) is 9.62. The third-order valence-electron chi connectivity index (χ3n) is 2.61. The molecule has 8 heteroatoms. The Morgan fingerprint density at radius 2 is 1.95 bits per heavy atom. The van der Waals surface area contributed by atoms with E-state index in [-0.39, 0.29) is 29.8 Å². The van der Waals surface area contributed by atoms with Crippen molar-refractivity contribution in [3.8, 4) is 0 Å². The highest BCUT2D eigenvalue weighted by molar-refractivity contribution is 9.10. The summed E-state index contributed by atoms with van der Waals surface area (Å²) in [6.07, 6.45) is 0.0474. The maximum Gasteiger partial charge on any atom is 0.338 e. The third kappa shape index (κ3) is 5.39. The number of ether oxygens (including phenoxy) is 2. The smallest absolute Gasteiger partial charge is 0.338 e. The molecule has 2 N–H and O–H groups in total. The van der Waals surface area contributed by atoms with Crippen LogP contribution in [-0.4, -0.2) is 33.7 Å². The van der Waals surface area contributed by atoms with Crippen LogP contribution in [0.3, 0.4) is 0 Å². The predicted molar refractivity (Wildman–Crippen MR) is 81.6 cm³/mol. The lowest BCUT2D eigenvalue weighted by Crippen LogP contribution is -2.17. The average Bonchev–Trinajstić information content (AvgIpc) is 2.35. The summed E-state index contributed by atoms with van der Waals surface area (Å²) in [5.41, 5.74) is 0.554. The summed E-state index contributed by atoms with van der Waals surface area (Å²) in [4.78, 5) is 11.8. The van der Waals surface area contributed by atoms with Gasteiger partial charge in [0, 0.05) is 4.47 Å². The average molecular weight is 380 g/mol. The number of rotatable bonds is 6. The molecule has 0 spiro atoms. The van der Waals surface area contributed by atoms with Gasteiger partial charge in [0.05, 0.1) is 23.2 Å². The molecule has 0 aromatic heterocycles. The Labute approximate surface area is 132 Å². The van der Waals surface area contributed by atoms with Gasteiger partial charge in [-0.15, -0.1) is 0 Å². The van der Waals surface area contributed by atoms with Crippen molar-refractivity contribution in [3.63, 3.8) is 0 Å². The molecule has 0 aliphatic heterocycles. The highest BCUT2D eigenvalue weighted by Crippen LogP contribution is 2.25. The van der Waals surface area contributed by atoms with Crippen LogP contribution in [0.15, 0.2) is 21.5 Å². The summed E-state index contributed by atoms with van der Waals surface area (Å²) >= 11 is 3.21. The Hall–Kier alpha value is -0.960. The van der Waals surface area contributed by atoms with Crippen molar-refractivity contribution in [1.29, 1.82) is 0 Å². The van der Waals surface area contributed by atoms with Crippen LogP contribution in [0.2, 0.25) is 0 Å². The molecule has 0 saturated heterocycles. The van der Waals surface area contributed by atoms with Crippen molar-refractivity contribution in [3.05, 3.63) is 27.7 Å². The second kappa shape index (κ2) is 7.35. The highest BCUT2D eigenvalue weighted by Gasteiger charge is 2.18. The van der Waals surface area contributed by atoms with Crippen molar-refractivity contribution in [2.24, 2.45) is 5.14 Å². The Morgan fingerprint density at radius 1 is 1.33 bits per heavy atom. The van der Waals surface area contributed by atoms with E-state index >= 15 is 0 Å². The zero-order chi connectivity index (χ0) is 16.2. The molecule has 0 amide bonds. The van der Waals surface area contributed by atoms with Gasteiger partial charge in [-0.05, 0) is 38.5 Å². The van der Waals surface area contributed by atoms with Crippen molar-refractivity contribution >= 4 is 31.9 Å². The third-order valence-corrected chi connectivity index (χ3v) is 4.47. The summed E-state index contributed by atoms with van der Waals surface area (Å²) in [5, 5.41) is 5.13. The molecule has 1 rings (SSSR count). The minimum atomic E-state index is -3.91. The van der Waals surface area contributed by atoms with Crippen molar-refractivity contribution < 1.29 is 22.7 Å². The molecule has 0 bridgehead atoms. The molecule has 0 heterocycles. The van der Waals surface area contributed by atoms with Gasteiger partial charge in [0.15, 0.2) is 0 Å². The van der Waals surface area contributed by atoms with Gasteiger partial charge in [-0.3, -0.25) is 0 Å². The number of carbonyl (C=O) groups is 1. The number of halogens is 1. The molecule has 0 atom stereocenters. The molecule has 1 aromatic rings. The van der Waals surface area contributed by atoms with Gasteiger partial charge in [-0.2, -0.15) is 0 Å². The number of nitrogens with two attached hydrogens (primary N) is 1. The Kier molecular flexibility index (Phi) is 6.33. The Bertz CT molecular complexity index is 628. The van der Waals surface area contributed by atoms with Gasteiger partial charge in [0.2, 0.25) is 10.0 Å². The fourth-order valence-corrected chi connectivity index (χ4v) is 2.99. The maximum atomic E-state index is 11.9. The molecule has 0 aliphatic carbocycles. The SMILES string of the molecule is Cc1c(Br)cc(C(=O)OCCOC(C)C)cc1S(N)(=O)=O. The number of hydrogen-bond donors (Lipinski definition) is 1. The second-order valence-corrected chi connectivity index (χ2v) is 7.07. The fraction of sp³-hybridized carbons (Fsp3) is 0.462. The standard InChI is InChI=1S/C13H18BrNO5S/c1-8(2)19-4-5-20-13(16)10-6-11(14)9(3)12(7-10)21(15,17)18/h6-8H,4-5H2,1-3H3,(H2,15,17,18). The fourth-order valence-electron chi connectivity index (χ4n) is 1.57. The van der Waals surface area contributed by atoms with Crippen LogP contribution in [-0.2, 0) is 19.5 Å². The summed E-state index contributed by atoms with van der Waals surface area (Å²) in [6.45, 7) is 5.70. The molecule has 0 radical (unpaired) electrons. The van der Waals surface area contributed by atoms with Crippen molar-refractivity contribution in [1.82, 2.24) is 0 Å². The first-order valence-electron chi connectivity index (χ1n) is 6.24.